The molecule has 0 radical (unpaired) electrons. The van der Waals surface area contributed by atoms with E-state index in [1.54, 1.807) is 67.5 Å². The van der Waals surface area contributed by atoms with Crippen LogP contribution in [0.25, 0.3) is 0 Å². The summed E-state index contributed by atoms with van der Waals surface area (Å²) in [5.74, 6) is -0.522. The van der Waals surface area contributed by atoms with E-state index >= 15 is 0 Å². The van der Waals surface area contributed by atoms with Gasteiger partial charge in [0.15, 0.2) is 0 Å². The summed E-state index contributed by atoms with van der Waals surface area (Å²) in [5, 5.41) is 0. The first-order valence-electron chi connectivity index (χ1n) is 13.7. The summed E-state index contributed by atoms with van der Waals surface area (Å²) in [6.45, 7) is 20.9. The van der Waals surface area contributed by atoms with Gasteiger partial charge in [-0.1, -0.05) is 12.1 Å². The van der Waals surface area contributed by atoms with Gasteiger partial charge in [-0.15, -0.1) is 0 Å². The number of hydrogen-bond donors (Lipinski definition) is 0. The maximum atomic E-state index is 14.9. The standard InChI is InChI=1S/C29H46BFN2O7S/c1-25(2,3)37-23(34)33(24(35)38-26(4,5)6)22(32-13)27(7,8)41(36)17-16-19-18-20(14-15-21(19)31)30-39-28(9,10)29(11,12)40-30/h14-15,18H,16-17H2,1-13H3. The Morgan fingerprint density at radius 2 is 1.41 bits per heavy atom. The van der Waals surface area contributed by atoms with Crippen molar-refractivity contribution in [3.05, 3.63) is 29.6 Å². The first-order valence-corrected chi connectivity index (χ1v) is 15.0. The second-order valence-corrected chi connectivity index (χ2v) is 15.7. The highest BCUT2D eigenvalue weighted by Gasteiger charge is 2.52. The highest BCUT2D eigenvalue weighted by molar-refractivity contribution is 7.87. The number of amides is 2. The van der Waals surface area contributed by atoms with Crippen molar-refractivity contribution in [1.82, 2.24) is 4.90 Å². The highest BCUT2D eigenvalue weighted by atomic mass is 32.2. The van der Waals surface area contributed by atoms with Crippen LogP contribution in [0.15, 0.2) is 23.2 Å². The minimum atomic E-state index is -1.72. The molecule has 0 N–H and O–H groups in total. The maximum absolute atomic E-state index is 14.9. The van der Waals surface area contributed by atoms with Crippen molar-refractivity contribution in [2.75, 3.05) is 12.8 Å². The van der Waals surface area contributed by atoms with Gasteiger partial charge in [0, 0.05) is 23.6 Å². The second-order valence-electron chi connectivity index (χ2n) is 13.6. The predicted molar refractivity (Wildman–Crippen MR) is 161 cm³/mol. The molecule has 0 bridgehead atoms. The molecule has 2 amide bonds. The van der Waals surface area contributed by atoms with Gasteiger partial charge in [0.2, 0.25) is 0 Å². The summed E-state index contributed by atoms with van der Waals surface area (Å²) in [7, 11) is -0.997. The summed E-state index contributed by atoms with van der Waals surface area (Å²) in [5.41, 5.74) is -1.95. The summed E-state index contributed by atoms with van der Waals surface area (Å²) in [6, 6.07) is 4.61. The van der Waals surface area contributed by atoms with E-state index in [1.807, 2.05) is 27.7 Å². The van der Waals surface area contributed by atoms with Crippen LogP contribution in [0.2, 0.25) is 0 Å². The van der Waals surface area contributed by atoms with Crippen LogP contribution in [-0.2, 0) is 36.0 Å². The van der Waals surface area contributed by atoms with E-state index in [0.29, 0.717) is 15.9 Å². The molecule has 1 aliphatic rings. The van der Waals surface area contributed by atoms with E-state index in [-0.39, 0.29) is 18.0 Å². The van der Waals surface area contributed by atoms with Crippen molar-refractivity contribution in [2.24, 2.45) is 4.99 Å². The van der Waals surface area contributed by atoms with Gasteiger partial charge in [-0.3, -0.25) is 9.20 Å². The van der Waals surface area contributed by atoms with E-state index in [1.165, 1.54) is 13.1 Å². The van der Waals surface area contributed by atoms with Crippen LogP contribution in [0.1, 0.15) is 88.6 Å². The molecule has 1 aromatic rings. The number of ether oxygens (including phenoxy) is 2. The first kappa shape index (κ1) is 34.9. The minimum absolute atomic E-state index is 0.0201. The topological polar surface area (TPSA) is 104 Å². The Bertz CT molecular complexity index is 1160. The lowest BCUT2D eigenvalue weighted by molar-refractivity contribution is 0.00578. The summed E-state index contributed by atoms with van der Waals surface area (Å²) >= 11 is 0. The number of amidine groups is 1. The van der Waals surface area contributed by atoms with Gasteiger partial charge in [0.1, 0.15) is 22.9 Å². The van der Waals surface area contributed by atoms with Crippen LogP contribution in [0, 0.1) is 5.82 Å². The van der Waals surface area contributed by atoms with Crippen LogP contribution in [0.3, 0.4) is 0 Å². The lowest BCUT2D eigenvalue weighted by Crippen LogP contribution is -2.55. The lowest BCUT2D eigenvalue weighted by atomic mass is 9.78. The molecule has 1 atom stereocenters. The third-order valence-corrected chi connectivity index (χ3v) is 8.73. The van der Waals surface area contributed by atoms with E-state index in [2.05, 4.69) is 4.99 Å². The Kier molecular flexibility index (Phi) is 10.3. The molecule has 2 rings (SSSR count). The summed E-state index contributed by atoms with van der Waals surface area (Å²) < 4.78 is 50.4. The molecule has 41 heavy (non-hydrogen) atoms. The highest BCUT2D eigenvalue weighted by Crippen LogP contribution is 2.36. The first-order chi connectivity index (χ1) is 18.4. The van der Waals surface area contributed by atoms with Gasteiger partial charge in [-0.2, -0.15) is 4.90 Å². The number of aryl methyl sites for hydroxylation is 1. The third kappa shape index (κ3) is 8.61. The van der Waals surface area contributed by atoms with Crippen LogP contribution >= 0.6 is 0 Å². The lowest BCUT2D eigenvalue weighted by Gasteiger charge is -2.34. The fourth-order valence-electron chi connectivity index (χ4n) is 3.97. The molecular formula is C29H46BFN2O7S. The van der Waals surface area contributed by atoms with Crippen molar-refractivity contribution in [3.8, 4) is 0 Å². The molecule has 1 aliphatic heterocycles. The van der Waals surface area contributed by atoms with Crippen molar-refractivity contribution < 1.29 is 37.0 Å². The van der Waals surface area contributed by atoms with E-state index in [9.17, 15) is 18.2 Å². The Balaban J connectivity index is 2.32. The Morgan fingerprint density at radius 1 is 0.951 bits per heavy atom. The van der Waals surface area contributed by atoms with Crippen LogP contribution in [0.5, 0.6) is 0 Å². The maximum Gasteiger partial charge on any atom is 0.494 e. The van der Waals surface area contributed by atoms with Gasteiger partial charge in [-0.25, -0.2) is 14.0 Å². The van der Waals surface area contributed by atoms with Crippen LogP contribution in [0.4, 0.5) is 14.0 Å². The zero-order valence-electron chi connectivity index (χ0n) is 26.8. The number of imide groups is 1. The molecular weight excluding hydrogens is 550 g/mol. The van der Waals surface area contributed by atoms with Crippen molar-refractivity contribution >= 4 is 41.4 Å². The largest absolute Gasteiger partial charge is 0.494 e. The molecule has 1 heterocycles. The number of nitrogens with zero attached hydrogens (tertiary/aromatic N) is 2. The molecule has 1 aromatic carbocycles. The number of aliphatic imine (C=N–C) groups is 1. The second kappa shape index (κ2) is 12.1. The number of rotatable bonds is 6. The van der Waals surface area contributed by atoms with Crippen molar-refractivity contribution in [2.45, 2.75) is 117 Å². The average Bonchev–Trinajstić information content (AvgIpc) is 3.00. The van der Waals surface area contributed by atoms with E-state index in [0.717, 1.165) is 0 Å². The van der Waals surface area contributed by atoms with Gasteiger partial charge in [-0.05, 0) is 107 Å². The smallest absolute Gasteiger partial charge is 0.443 e. The number of benzene rings is 1. The summed E-state index contributed by atoms with van der Waals surface area (Å²) in [6.07, 6.45) is -1.89. The minimum Gasteiger partial charge on any atom is -0.443 e. The van der Waals surface area contributed by atoms with Gasteiger partial charge in [0.25, 0.3) is 0 Å². The molecule has 9 nitrogen and oxygen atoms in total. The molecule has 12 heteroatoms. The number of carbonyl (C=O) groups excluding carboxylic acids is 2. The molecule has 0 aromatic heterocycles. The quantitative estimate of drug-likeness (QED) is 0.246. The van der Waals surface area contributed by atoms with E-state index in [4.69, 9.17) is 18.8 Å². The average molecular weight is 597 g/mol. The Hall–Kier alpha value is -2.31. The Labute approximate surface area is 247 Å². The molecule has 0 spiro atoms. The third-order valence-electron chi connectivity index (χ3n) is 6.84. The zero-order valence-corrected chi connectivity index (χ0v) is 27.6. The van der Waals surface area contributed by atoms with Crippen LogP contribution in [-0.4, -0.2) is 74.2 Å². The molecule has 1 unspecified atom stereocenters. The SMILES string of the molecule is CN=C(N(C(=O)OC(C)(C)C)C(=O)OC(C)(C)C)C(C)(C)S(=O)CCc1cc(B2OC(C)(C)C(C)(C)O2)ccc1F. The fourth-order valence-corrected chi connectivity index (χ4v) is 5.27. The van der Waals surface area contributed by atoms with Crippen molar-refractivity contribution in [1.29, 1.82) is 0 Å². The van der Waals surface area contributed by atoms with E-state index < -0.39 is 63.1 Å². The van der Waals surface area contributed by atoms with Gasteiger partial charge < -0.3 is 18.8 Å². The predicted octanol–water partition coefficient (Wildman–Crippen LogP) is 5.40. The molecule has 230 valence electrons. The normalized spacial score (nSPS) is 18.2. The summed E-state index contributed by atoms with van der Waals surface area (Å²) in [4.78, 5) is 31.2. The molecule has 1 fully saturated rings. The zero-order chi connectivity index (χ0) is 31.8. The number of halogens is 1. The van der Waals surface area contributed by atoms with Gasteiger partial charge in [0.05, 0.1) is 15.9 Å². The van der Waals surface area contributed by atoms with Crippen LogP contribution < -0.4 is 5.46 Å². The number of hydrogen-bond acceptors (Lipinski definition) is 8. The van der Waals surface area contributed by atoms with Crippen molar-refractivity contribution in [3.63, 3.8) is 0 Å². The molecule has 0 saturated carbocycles. The molecule has 0 aliphatic carbocycles. The monoisotopic (exact) mass is 596 g/mol. The van der Waals surface area contributed by atoms with Gasteiger partial charge >= 0.3 is 19.3 Å². The Morgan fingerprint density at radius 3 is 1.83 bits per heavy atom. The fraction of sp³-hybridized carbons (Fsp3) is 0.690. The number of carbonyl (C=O) groups is 2. The molecule has 1 saturated heterocycles.